The van der Waals surface area contributed by atoms with E-state index in [0.29, 0.717) is 13.0 Å². The van der Waals surface area contributed by atoms with Gasteiger partial charge in [0.1, 0.15) is 0 Å². The van der Waals surface area contributed by atoms with E-state index in [4.69, 9.17) is 5.11 Å². The van der Waals surface area contributed by atoms with Crippen molar-refractivity contribution in [2.45, 2.75) is 50.7 Å². The minimum atomic E-state index is -4.22. The molecule has 0 bridgehead atoms. The number of alkyl halides is 3. The van der Waals surface area contributed by atoms with Crippen molar-refractivity contribution in [2.24, 2.45) is 0 Å². The normalized spacial score (nSPS) is 19.8. The van der Waals surface area contributed by atoms with E-state index in [0.717, 1.165) is 12.8 Å². The van der Waals surface area contributed by atoms with Gasteiger partial charge in [-0.25, -0.2) is 4.79 Å². The summed E-state index contributed by atoms with van der Waals surface area (Å²) in [5, 5.41) is 11.2. The number of urea groups is 1. The maximum Gasteiger partial charge on any atom is 0.389 e. The van der Waals surface area contributed by atoms with E-state index in [-0.39, 0.29) is 25.4 Å². The molecule has 0 aromatic carbocycles. The summed E-state index contributed by atoms with van der Waals surface area (Å²) in [6.07, 6.45) is -3.21. The number of hydrogen-bond acceptors (Lipinski definition) is 2. The van der Waals surface area contributed by atoms with Gasteiger partial charge in [-0.1, -0.05) is 0 Å². The second-order valence-corrected chi connectivity index (χ2v) is 4.89. The smallest absolute Gasteiger partial charge is 0.389 e. The number of carboxylic acid groups (broad SMARTS) is 1. The van der Waals surface area contributed by atoms with E-state index < -0.39 is 24.6 Å². The van der Waals surface area contributed by atoms with Crippen molar-refractivity contribution < 1.29 is 27.9 Å². The fourth-order valence-corrected chi connectivity index (χ4v) is 2.27. The van der Waals surface area contributed by atoms with Gasteiger partial charge in [0, 0.05) is 25.6 Å². The van der Waals surface area contributed by atoms with Gasteiger partial charge in [0.2, 0.25) is 0 Å². The molecule has 1 saturated heterocycles. The number of nitrogens with zero attached hydrogens (tertiary/aromatic N) is 1. The molecule has 5 nitrogen and oxygen atoms in total. The number of likely N-dealkylation sites (tertiary alicyclic amines) is 1. The van der Waals surface area contributed by atoms with Gasteiger partial charge < -0.3 is 15.3 Å². The minimum absolute atomic E-state index is 0.0609. The fourth-order valence-electron chi connectivity index (χ4n) is 2.27. The number of aliphatic carboxylic acids is 1. The van der Waals surface area contributed by atoms with Gasteiger partial charge in [-0.05, 0) is 25.7 Å². The van der Waals surface area contributed by atoms with Crippen LogP contribution in [-0.4, -0.2) is 47.3 Å². The minimum Gasteiger partial charge on any atom is -0.481 e. The molecule has 20 heavy (non-hydrogen) atoms. The largest absolute Gasteiger partial charge is 0.481 e. The Balaban J connectivity index is 2.37. The van der Waals surface area contributed by atoms with Crippen LogP contribution in [0.5, 0.6) is 0 Å². The third-order valence-electron chi connectivity index (χ3n) is 3.21. The molecule has 0 saturated carbocycles. The highest BCUT2D eigenvalue weighted by Crippen LogP contribution is 2.21. The molecule has 0 aliphatic carbocycles. The van der Waals surface area contributed by atoms with Crippen molar-refractivity contribution >= 4 is 12.0 Å². The zero-order valence-electron chi connectivity index (χ0n) is 11.1. The third kappa shape index (κ3) is 6.12. The number of carbonyl (C=O) groups excluding carboxylic acids is 1. The molecule has 0 radical (unpaired) electrons. The average Bonchev–Trinajstić information content (AvgIpc) is 2.33. The number of nitrogens with one attached hydrogen (secondary N) is 1. The third-order valence-corrected chi connectivity index (χ3v) is 3.21. The maximum absolute atomic E-state index is 12.0. The Morgan fingerprint density at radius 2 is 2.00 bits per heavy atom. The number of rotatable bonds is 5. The maximum atomic E-state index is 12.0. The van der Waals surface area contributed by atoms with Crippen LogP contribution in [0.3, 0.4) is 0 Å². The van der Waals surface area contributed by atoms with Crippen LogP contribution < -0.4 is 5.32 Å². The molecular weight excluding hydrogens is 277 g/mol. The lowest BCUT2D eigenvalue weighted by molar-refractivity contribution is -0.138. The monoisotopic (exact) mass is 296 g/mol. The Morgan fingerprint density at radius 1 is 1.30 bits per heavy atom. The topological polar surface area (TPSA) is 69.6 Å². The van der Waals surface area contributed by atoms with Crippen molar-refractivity contribution in [3.8, 4) is 0 Å². The standard InChI is InChI=1S/C12H19F3N2O3/c13-12(14,15)5-3-6-16-11(20)17-7-2-1-4-9(17)8-10(18)19/h9H,1-8H2,(H,16,20)(H,18,19). The Bertz CT molecular complexity index is 347. The fraction of sp³-hybridized carbons (Fsp3) is 0.833. The summed E-state index contributed by atoms with van der Waals surface area (Å²) in [5.41, 5.74) is 0. The molecule has 116 valence electrons. The highest BCUT2D eigenvalue weighted by molar-refractivity contribution is 5.76. The van der Waals surface area contributed by atoms with Crippen LogP contribution in [0.1, 0.15) is 38.5 Å². The van der Waals surface area contributed by atoms with Crippen LogP contribution in [0.4, 0.5) is 18.0 Å². The van der Waals surface area contributed by atoms with Gasteiger partial charge in [-0.3, -0.25) is 4.79 Å². The lowest BCUT2D eigenvalue weighted by atomic mass is 10.00. The molecule has 1 atom stereocenters. The predicted octanol–water partition coefficient (Wildman–Crippen LogP) is 2.37. The Morgan fingerprint density at radius 3 is 2.60 bits per heavy atom. The van der Waals surface area contributed by atoms with Crippen LogP contribution in [0, 0.1) is 0 Å². The first-order valence-electron chi connectivity index (χ1n) is 6.62. The van der Waals surface area contributed by atoms with Gasteiger partial charge >= 0.3 is 18.2 Å². The molecule has 0 aromatic rings. The summed E-state index contributed by atoms with van der Waals surface area (Å²) in [5.74, 6) is -0.980. The summed E-state index contributed by atoms with van der Waals surface area (Å²) in [4.78, 5) is 24.0. The van der Waals surface area contributed by atoms with E-state index >= 15 is 0 Å². The van der Waals surface area contributed by atoms with Gasteiger partial charge in [0.15, 0.2) is 0 Å². The highest BCUT2D eigenvalue weighted by atomic mass is 19.4. The Labute approximate surface area is 115 Å². The van der Waals surface area contributed by atoms with Crippen LogP contribution in [-0.2, 0) is 4.79 Å². The summed E-state index contributed by atoms with van der Waals surface area (Å²) in [7, 11) is 0. The summed E-state index contributed by atoms with van der Waals surface area (Å²) < 4.78 is 35.9. The lowest BCUT2D eigenvalue weighted by Gasteiger charge is -2.34. The summed E-state index contributed by atoms with van der Waals surface area (Å²) >= 11 is 0. The molecule has 2 N–H and O–H groups in total. The zero-order chi connectivity index (χ0) is 15.2. The average molecular weight is 296 g/mol. The van der Waals surface area contributed by atoms with E-state index in [9.17, 15) is 22.8 Å². The number of hydrogen-bond donors (Lipinski definition) is 2. The van der Waals surface area contributed by atoms with Crippen LogP contribution >= 0.6 is 0 Å². The first kappa shape index (κ1) is 16.6. The van der Waals surface area contributed by atoms with Crippen molar-refractivity contribution in [3.63, 3.8) is 0 Å². The van der Waals surface area contributed by atoms with Crippen molar-refractivity contribution in [2.75, 3.05) is 13.1 Å². The predicted molar refractivity (Wildman–Crippen MR) is 65.3 cm³/mol. The Hall–Kier alpha value is -1.47. The molecule has 1 aliphatic heterocycles. The van der Waals surface area contributed by atoms with Crippen LogP contribution in [0.25, 0.3) is 0 Å². The molecule has 1 fully saturated rings. The van der Waals surface area contributed by atoms with E-state index in [1.807, 2.05) is 0 Å². The van der Waals surface area contributed by atoms with E-state index in [1.165, 1.54) is 4.90 Å². The Kier molecular flexibility index (Phi) is 6.09. The first-order chi connectivity index (χ1) is 9.29. The molecule has 1 rings (SSSR count). The van der Waals surface area contributed by atoms with Gasteiger partial charge in [0.25, 0.3) is 0 Å². The summed E-state index contributed by atoms with van der Waals surface area (Å²) in [6, 6.07) is -0.845. The summed E-state index contributed by atoms with van der Waals surface area (Å²) in [6.45, 7) is 0.387. The highest BCUT2D eigenvalue weighted by Gasteiger charge is 2.29. The SMILES string of the molecule is O=C(O)CC1CCCCN1C(=O)NCCCC(F)(F)F. The molecule has 8 heteroatoms. The number of piperidine rings is 1. The number of halogens is 3. The van der Waals surface area contributed by atoms with Crippen LogP contribution in [0.2, 0.25) is 0 Å². The molecular formula is C12H19F3N2O3. The number of amides is 2. The zero-order valence-corrected chi connectivity index (χ0v) is 11.1. The number of carbonyl (C=O) groups is 2. The van der Waals surface area contributed by atoms with Crippen molar-refractivity contribution in [1.82, 2.24) is 10.2 Å². The van der Waals surface area contributed by atoms with Gasteiger partial charge in [0.05, 0.1) is 6.42 Å². The first-order valence-corrected chi connectivity index (χ1v) is 6.62. The quantitative estimate of drug-likeness (QED) is 0.765. The van der Waals surface area contributed by atoms with Crippen LogP contribution in [0.15, 0.2) is 0 Å². The van der Waals surface area contributed by atoms with Crippen molar-refractivity contribution in [1.29, 1.82) is 0 Å². The molecule has 1 aliphatic rings. The van der Waals surface area contributed by atoms with E-state index in [2.05, 4.69) is 5.32 Å². The second-order valence-electron chi connectivity index (χ2n) is 4.89. The van der Waals surface area contributed by atoms with Crippen molar-refractivity contribution in [3.05, 3.63) is 0 Å². The molecule has 1 unspecified atom stereocenters. The van der Waals surface area contributed by atoms with E-state index in [1.54, 1.807) is 0 Å². The number of carboxylic acids is 1. The lowest BCUT2D eigenvalue weighted by Crippen LogP contribution is -2.49. The molecule has 0 aromatic heterocycles. The molecule has 0 spiro atoms. The molecule has 2 amide bonds. The second kappa shape index (κ2) is 7.35. The molecule has 1 heterocycles. The van der Waals surface area contributed by atoms with Gasteiger partial charge in [-0.15, -0.1) is 0 Å². The van der Waals surface area contributed by atoms with Gasteiger partial charge in [-0.2, -0.15) is 13.2 Å².